The first-order chi connectivity index (χ1) is 12.6. The molecule has 3 saturated heterocycles. The number of hydrogen-bond acceptors (Lipinski definition) is 4. The van der Waals surface area contributed by atoms with E-state index in [2.05, 4.69) is 16.9 Å². The first-order valence-electron chi connectivity index (χ1n) is 9.61. The van der Waals surface area contributed by atoms with E-state index in [0.29, 0.717) is 31.9 Å². The van der Waals surface area contributed by atoms with Crippen molar-refractivity contribution in [1.82, 2.24) is 19.7 Å². The van der Waals surface area contributed by atoms with Gasteiger partial charge in [-0.25, -0.2) is 0 Å². The summed E-state index contributed by atoms with van der Waals surface area (Å²) < 4.78 is 5.43. The van der Waals surface area contributed by atoms with Gasteiger partial charge in [-0.2, -0.15) is 0 Å². The van der Waals surface area contributed by atoms with Crippen LogP contribution in [-0.2, 0) is 9.53 Å². The average Bonchev–Trinajstić information content (AvgIpc) is 3.22. The molecular formula is C19H28N4O3. The highest BCUT2D eigenvalue weighted by atomic mass is 16.5. The molecule has 0 aromatic carbocycles. The van der Waals surface area contributed by atoms with Gasteiger partial charge in [0.25, 0.3) is 5.91 Å². The number of fused-ring (bicyclic) bond motifs is 1. The summed E-state index contributed by atoms with van der Waals surface area (Å²) in [5, 5.41) is 0. The van der Waals surface area contributed by atoms with Crippen LogP contribution in [0.3, 0.4) is 0 Å². The highest BCUT2D eigenvalue weighted by Gasteiger charge is 2.54. The van der Waals surface area contributed by atoms with E-state index < -0.39 is 5.41 Å². The van der Waals surface area contributed by atoms with Gasteiger partial charge in [0, 0.05) is 38.6 Å². The Kier molecular flexibility index (Phi) is 4.75. The quantitative estimate of drug-likeness (QED) is 0.847. The minimum atomic E-state index is -0.450. The average molecular weight is 360 g/mol. The highest BCUT2D eigenvalue weighted by molar-refractivity contribution is 5.95. The molecule has 3 aliphatic rings. The number of H-pyrrole nitrogens is 1. The second-order valence-electron chi connectivity index (χ2n) is 7.79. The van der Waals surface area contributed by atoms with Crippen LogP contribution >= 0.6 is 0 Å². The zero-order valence-electron chi connectivity index (χ0n) is 15.4. The summed E-state index contributed by atoms with van der Waals surface area (Å²) in [5.74, 6) is 0.260. The van der Waals surface area contributed by atoms with Crippen LogP contribution in [0.15, 0.2) is 18.5 Å². The lowest BCUT2D eigenvalue weighted by molar-refractivity contribution is -0.157. The molecule has 1 N–H and O–H groups in total. The maximum absolute atomic E-state index is 13.6. The summed E-state index contributed by atoms with van der Waals surface area (Å²) in [6, 6.07) is 1.75. The number of piperidine rings is 2. The van der Waals surface area contributed by atoms with E-state index in [4.69, 9.17) is 4.74 Å². The SMILES string of the molecule is CN1CC[C@]2(C(=O)N3CCOCC3)CCCN(C(=O)c3cc[nH]c3)[C@H]2C1. The molecule has 4 heterocycles. The number of hydrogen-bond donors (Lipinski definition) is 1. The lowest BCUT2D eigenvalue weighted by atomic mass is 9.67. The highest BCUT2D eigenvalue weighted by Crippen LogP contribution is 2.44. The number of nitrogens with one attached hydrogen (secondary N) is 1. The van der Waals surface area contributed by atoms with Gasteiger partial charge >= 0.3 is 0 Å². The molecule has 26 heavy (non-hydrogen) atoms. The summed E-state index contributed by atoms with van der Waals surface area (Å²) in [5.41, 5.74) is 0.224. The summed E-state index contributed by atoms with van der Waals surface area (Å²) in [6.07, 6.45) is 6.09. The smallest absolute Gasteiger partial charge is 0.255 e. The van der Waals surface area contributed by atoms with Crippen molar-refractivity contribution >= 4 is 11.8 Å². The molecule has 0 radical (unpaired) electrons. The number of morpholine rings is 1. The Morgan fingerprint density at radius 3 is 2.73 bits per heavy atom. The van der Waals surface area contributed by atoms with Crippen LogP contribution in [0.5, 0.6) is 0 Å². The Bertz CT molecular complexity index is 656. The van der Waals surface area contributed by atoms with Crippen LogP contribution in [-0.4, -0.2) is 90.5 Å². The van der Waals surface area contributed by atoms with Crippen LogP contribution in [0.25, 0.3) is 0 Å². The Hall–Kier alpha value is -1.86. The van der Waals surface area contributed by atoms with Crippen molar-refractivity contribution in [2.75, 3.05) is 53.0 Å². The van der Waals surface area contributed by atoms with Gasteiger partial charge in [0.2, 0.25) is 5.91 Å². The predicted octanol–water partition coefficient (Wildman–Crippen LogP) is 0.800. The van der Waals surface area contributed by atoms with Crippen molar-refractivity contribution in [3.05, 3.63) is 24.0 Å². The fraction of sp³-hybridized carbons (Fsp3) is 0.684. The summed E-state index contributed by atoms with van der Waals surface area (Å²) in [4.78, 5) is 35.8. The Morgan fingerprint density at radius 1 is 1.19 bits per heavy atom. The van der Waals surface area contributed by atoms with Gasteiger partial charge < -0.3 is 24.4 Å². The van der Waals surface area contributed by atoms with Gasteiger partial charge in [0.1, 0.15) is 0 Å². The number of amides is 2. The van der Waals surface area contributed by atoms with Crippen molar-refractivity contribution in [3.8, 4) is 0 Å². The summed E-state index contributed by atoms with van der Waals surface area (Å²) >= 11 is 0. The second-order valence-corrected chi connectivity index (χ2v) is 7.79. The van der Waals surface area contributed by atoms with Gasteiger partial charge in [0.05, 0.1) is 30.2 Å². The normalized spacial score (nSPS) is 30.1. The van der Waals surface area contributed by atoms with Crippen LogP contribution in [0.4, 0.5) is 0 Å². The van der Waals surface area contributed by atoms with Crippen LogP contribution in [0, 0.1) is 5.41 Å². The van der Waals surface area contributed by atoms with E-state index in [-0.39, 0.29) is 17.9 Å². The van der Waals surface area contributed by atoms with E-state index >= 15 is 0 Å². The molecule has 2 amide bonds. The van der Waals surface area contributed by atoms with Crippen LogP contribution in [0.2, 0.25) is 0 Å². The topological polar surface area (TPSA) is 68.9 Å². The number of nitrogens with zero attached hydrogens (tertiary/aromatic N) is 3. The molecule has 1 aromatic heterocycles. The number of carbonyl (C=O) groups excluding carboxylic acids is 2. The molecule has 4 rings (SSSR count). The van der Waals surface area contributed by atoms with Gasteiger partial charge in [0.15, 0.2) is 0 Å². The third kappa shape index (κ3) is 2.93. The molecule has 3 aliphatic heterocycles. The van der Waals surface area contributed by atoms with Crippen LogP contribution < -0.4 is 0 Å². The third-order valence-corrected chi connectivity index (χ3v) is 6.29. The molecule has 0 bridgehead atoms. The molecule has 142 valence electrons. The van der Waals surface area contributed by atoms with E-state index in [9.17, 15) is 9.59 Å². The lowest BCUT2D eigenvalue weighted by Gasteiger charge is -2.54. The first-order valence-corrected chi connectivity index (χ1v) is 9.61. The standard InChI is InChI=1S/C19H28N4O3/c1-21-8-5-19(18(25)22-9-11-26-12-10-22)4-2-7-23(16(19)14-21)17(24)15-3-6-20-13-15/h3,6,13,16,20H,2,4-5,7-12,14H2,1H3/t16-,19+/m0/s1. The number of aromatic nitrogens is 1. The first kappa shape index (κ1) is 17.5. The molecule has 0 saturated carbocycles. The molecule has 7 nitrogen and oxygen atoms in total. The van der Waals surface area contributed by atoms with Crippen molar-refractivity contribution in [2.24, 2.45) is 5.41 Å². The number of rotatable bonds is 2. The maximum Gasteiger partial charge on any atom is 0.255 e. The molecule has 0 spiro atoms. The molecule has 0 unspecified atom stereocenters. The zero-order valence-corrected chi connectivity index (χ0v) is 15.4. The summed E-state index contributed by atoms with van der Waals surface area (Å²) in [7, 11) is 2.08. The molecule has 0 aliphatic carbocycles. The Morgan fingerprint density at radius 2 is 2.00 bits per heavy atom. The monoisotopic (exact) mass is 360 g/mol. The van der Waals surface area contributed by atoms with Gasteiger partial charge in [-0.05, 0) is 38.9 Å². The number of likely N-dealkylation sites (tertiary alicyclic amines) is 2. The van der Waals surface area contributed by atoms with E-state index in [1.165, 1.54) is 0 Å². The van der Waals surface area contributed by atoms with Gasteiger partial charge in [-0.1, -0.05) is 0 Å². The fourth-order valence-electron chi connectivity index (χ4n) is 4.83. The van der Waals surface area contributed by atoms with Crippen molar-refractivity contribution < 1.29 is 14.3 Å². The fourth-order valence-corrected chi connectivity index (χ4v) is 4.83. The number of ether oxygens (including phenoxy) is 1. The molecular weight excluding hydrogens is 332 g/mol. The number of aromatic amines is 1. The van der Waals surface area contributed by atoms with Gasteiger partial charge in [-0.3, -0.25) is 9.59 Å². The van der Waals surface area contributed by atoms with E-state index in [1.807, 2.05) is 15.9 Å². The Labute approximate surface area is 154 Å². The predicted molar refractivity (Wildman–Crippen MR) is 96.8 cm³/mol. The van der Waals surface area contributed by atoms with Gasteiger partial charge in [-0.15, -0.1) is 0 Å². The van der Waals surface area contributed by atoms with Crippen LogP contribution in [0.1, 0.15) is 29.6 Å². The molecule has 2 atom stereocenters. The second kappa shape index (κ2) is 7.04. The van der Waals surface area contributed by atoms with E-state index in [1.54, 1.807) is 12.4 Å². The van der Waals surface area contributed by atoms with Crippen molar-refractivity contribution in [2.45, 2.75) is 25.3 Å². The third-order valence-electron chi connectivity index (χ3n) is 6.29. The molecule has 1 aromatic rings. The van der Waals surface area contributed by atoms with Crippen molar-refractivity contribution in [1.29, 1.82) is 0 Å². The molecule has 7 heteroatoms. The largest absolute Gasteiger partial charge is 0.378 e. The Balaban J connectivity index is 1.64. The zero-order chi connectivity index (χ0) is 18.1. The molecule has 3 fully saturated rings. The summed E-state index contributed by atoms with van der Waals surface area (Å²) in [6.45, 7) is 4.92. The van der Waals surface area contributed by atoms with Crippen molar-refractivity contribution in [3.63, 3.8) is 0 Å². The number of carbonyl (C=O) groups is 2. The van der Waals surface area contributed by atoms with E-state index in [0.717, 1.165) is 38.9 Å². The minimum Gasteiger partial charge on any atom is -0.378 e. The maximum atomic E-state index is 13.6. The minimum absolute atomic E-state index is 0.0328. The lowest BCUT2D eigenvalue weighted by Crippen LogP contribution is -2.67. The number of likely N-dealkylation sites (N-methyl/N-ethyl adjacent to an activating group) is 1.